The minimum absolute atomic E-state index is 0.00363. The third-order valence-corrected chi connectivity index (χ3v) is 10.1. The number of aromatic nitrogens is 2. The molecule has 49 heavy (non-hydrogen) atoms. The van der Waals surface area contributed by atoms with E-state index in [1.807, 2.05) is 26.0 Å². The van der Waals surface area contributed by atoms with Gasteiger partial charge in [0.2, 0.25) is 0 Å². The van der Waals surface area contributed by atoms with Gasteiger partial charge in [-0.25, -0.2) is 35.1 Å². The number of aryl methyl sites for hydroxylation is 2. The summed E-state index contributed by atoms with van der Waals surface area (Å²) in [5, 5.41) is 0. The number of rotatable bonds is 19. The minimum atomic E-state index is -3.57. The monoisotopic (exact) mass is 746 g/mol. The largest absolute Gasteiger partial charge is 0.488 e. The number of thiophene rings is 1. The Labute approximate surface area is 288 Å². The Morgan fingerprint density at radius 3 is 1.78 bits per heavy atom. The summed E-state index contributed by atoms with van der Waals surface area (Å²) in [5.41, 5.74) is 2.21. The van der Waals surface area contributed by atoms with Crippen molar-refractivity contribution < 1.29 is 54.1 Å². The number of benzene rings is 1. The highest BCUT2D eigenvalue weighted by Crippen LogP contribution is 2.51. The molecule has 0 bridgehead atoms. The number of hydrogen-bond donors (Lipinski definition) is 0. The number of hydrogen-bond acceptors (Lipinski definition) is 8. The van der Waals surface area contributed by atoms with Gasteiger partial charge in [0.1, 0.15) is 24.2 Å². The maximum atomic E-state index is 14.2. The van der Waals surface area contributed by atoms with Crippen LogP contribution in [0.15, 0.2) is 12.1 Å². The van der Waals surface area contributed by atoms with Crippen molar-refractivity contribution in [3.63, 3.8) is 0 Å². The van der Waals surface area contributed by atoms with Crippen LogP contribution in [0.4, 0.5) is 35.1 Å². The Hall–Kier alpha value is -2.30. The van der Waals surface area contributed by atoms with Crippen molar-refractivity contribution in [2.24, 2.45) is 5.41 Å². The molecule has 0 fully saturated rings. The molecule has 1 aliphatic rings. The molecule has 276 valence electrons. The second-order valence-electron chi connectivity index (χ2n) is 12.9. The zero-order valence-electron chi connectivity index (χ0n) is 27.9. The van der Waals surface area contributed by atoms with Crippen molar-refractivity contribution in [3.8, 4) is 21.9 Å². The maximum Gasteiger partial charge on any atom is 0.254 e. The number of alkyl halides is 8. The Bertz CT molecular complexity index is 1490. The van der Waals surface area contributed by atoms with Crippen LogP contribution in [-0.2, 0) is 9.47 Å². The molecule has 3 aromatic rings. The standard InChI is InChI=1S/C33H42F8N2O4S2/c1-5-30(34,35)15-32(38,39)11-7-13-44-17-29(18-45-14-8-12-33(40,41)16-31(36,37)6-2)19-46-26-22(4)48-28(27(26)47-20-29)23-10-9-21(3)24-25(23)43-49-42-24/h9-10H,5-8,11-20H2,1-4H3. The van der Waals surface area contributed by atoms with E-state index in [1.54, 1.807) is 0 Å². The van der Waals surface area contributed by atoms with Gasteiger partial charge in [-0.3, -0.25) is 0 Å². The van der Waals surface area contributed by atoms with E-state index in [9.17, 15) is 35.1 Å². The molecular formula is C33H42F8N2O4S2. The molecule has 6 nitrogen and oxygen atoms in total. The molecule has 2 aromatic heterocycles. The molecule has 0 saturated carbocycles. The van der Waals surface area contributed by atoms with E-state index in [1.165, 1.54) is 11.3 Å². The number of ether oxygens (including phenoxy) is 4. The number of nitrogens with zero attached hydrogens (tertiary/aromatic N) is 2. The lowest BCUT2D eigenvalue weighted by atomic mass is 9.92. The molecule has 3 heterocycles. The Morgan fingerprint density at radius 2 is 1.24 bits per heavy atom. The zero-order valence-corrected chi connectivity index (χ0v) is 29.6. The van der Waals surface area contributed by atoms with Crippen molar-refractivity contribution in [3.05, 3.63) is 22.6 Å². The van der Waals surface area contributed by atoms with Crippen LogP contribution < -0.4 is 9.47 Å². The molecular weight excluding hydrogens is 704 g/mol. The van der Waals surface area contributed by atoms with Gasteiger partial charge in [0, 0.05) is 49.3 Å². The van der Waals surface area contributed by atoms with Gasteiger partial charge >= 0.3 is 0 Å². The first kappa shape index (κ1) is 39.5. The van der Waals surface area contributed by atoms with E-state index < -0.39 is 67.6 Å². The fourth-order valence-corrected chi connectivity index (χ4v) is 7.17. The second-order valence-corrected chi connectivity index (χ2v) is 14.7. The third-order valence-electron chi connectivity index (χ3n) is 8.44. The highest BCUT2D eigenvalue weighted by atomic mass is 32.1. The second kappa shape index (κ2) is 15.9. The van der Waals surface area contributed by atoms with Crippen LogP contribution in [-0.4, -0.2) is 72.1 Å². The molecule has 0 saturated heterocycles. The van der Waals surface area contributed by atoms with Crippen molar-refractivity contribution in [1.82, 2.24) is 8.75 Å². The topological polar surface area (TPSA) is 62.7 Å². The molecule has 1 aromatic carbocycles. The van der Waals surface area contributed by atoms with Crippen molar-refractivity contribution in [2.75, 3.05) is 39.6 Å². The lowest BCUT2D eigenvalue weighted by Gasteiger charge is -2.31. The minimum Gasteiger partial charge on any atom is -0.488 e. The maximum absolute atomic E-state index is 14.2. The molecule has 0 radical (unpaired) electrons. The Balaban J connectivity index is 1.45. The van der Waals surface area contributed by atoms with Crippen LogP contribution in [0.3, 0.4) is 0 Å². The SMILES string of the molecule is CCC(F)(F)CC(F)(F)CCCOCC1(COCCCC(F)(F)CC(F)(F)CC)COc2c(C)sc(-c3ccc(C)c4nsnc34)c2OC1. The van der Waals surface area contributed by atoms with E-state index in [-0.39, 0.29) is 52.5 Å². The third kappa shape index (κ3) is 10.6. The smallest absolute Gasteiger partial charge is 0.254 e. The van der Waals surface area contributed by atoms with Crippen molar-refractivity contribution in [2.45, 2.75) is 103 Å². The number of halogens is 8. The van der Waals surface area contributed by atoms with Crippen LogP contribution in [0.1, 0.15) is 75.7 Å². The van der Waals surface area contributed by atoms with Gasteiger partial charge in [-0.2, -0.15) is 8.75 Å². The fourth-order valence-electron chi connectivity index (χ4n) is 5.48. The van der Waals surface area contributed by atoms with Crippen molar-refractivity contribution in [1.29, 1.82) is 0 Å². The lowest BCUT2D eigenvalue weighted by Crippen LogP contribution is -2.43. The lowest BCUT2D eigenvalue weighted by molar-refractivity contribution is -0.120. The zero-order chi connectivity index (χ0) is 36.1. The first-order valence-corrected chi connectivity index (χ1v) is 17.7. The van der Waals surface area contributed by atoms with Crippen LogP contribution in [0.25, 0.3) is 21.5 Å². The first-order chi connectivity index (χ1) is 22.9. The predicted octanol–water partition coefficient (Wildman–Crippen LogP) is 10.5. The van der Waals surface area contributed by atoms with Gasteiger partial charge in [0.05, 0.1) is 48.1 Å². The predicted molar refractivity (Wildman–Crippen MR) is 173 cm³/mol. The van der Waals surface area contributed by atoms with Crippen LogP contribution >= 0.6 is 23.1 Å². The summed E-state index contributed by atoms with van der Waals surface area (Å²) in [5.74, 6) is -13.1. The molecule has 0 N–H and O–H groups in total. The summed E-state index contributed by atoms with van der Waals surface area (Å²) in [6.07, 6.45) is -6.42. The molecule has 0 unspecified atom stereocenters. The molecule has 0 atom stereocenters. The normalized spacial score (nSPS) is 15.6. The van der Waals surface area contributed by atoms with Crippen LogP contribution in [0.5, 0.6) is 11.5 Å². The first-order valence-electron chi connectivity index (χ1n) is 16.2. The summed E-state index contributed by atoms with van der Waals surface area (Å²) in [6, 6.07) is 3.86. The molecule has 4 rings (SSSR count). The highest BCUT2D eigenvalue weighted by Gasteiger charge is 2.43. The van der Waals surface area contributed by atoms with E-state index in [0.29, 0.717) is 17.0 Å². The van der Waals surface area contributed by atoms with Gasteiger partial charge < -0.3 is 18.9 Å². The Morgan fingerprint density at radius 1 is 0.735 bits per heavy atom. The van der Waals surface area contributed by atoms with E-state index in [4.69, 9.17) is 18.9 Å². The molecule has 16 heteroatoms. The van der Waals surface area contributed by atoms with Gasteiger partial charge in [0.25, 0.3) is 23.7 Å². The van der Waals surface area contributed by atoms with Gasteiger partial charge in [-0.05, 0) is 32.3 Å². The summed E-state index contributed by atoms with van der Waals surface area (Å²) >= 11 is 2.55. The molecule has 1 aliphatic heterocycles. The van der Waals surface area contributed by atoms with Crippen LogP contribution in [0.2, 0.25) is 0 Å². The van der Waals surface area contributed by atoms with Gasteiger partial charge in [-0.15, -0.1) is 11.3 Å². The van der Waals surface area contributed by atoms with E-state index in [0.717, 1.165) is 52.0 Å². The van der Waals surface area contributed by atoms with E-state index >= 15 is 0 Å². The molecule has 0 amide bonds. The number of fused-ring (bicyclic) bond motifs is 2. The quantitative estimate of drug-likeness (QED) is 0.0899. The fraction of sp³-hybridized carbons (Fsp3) is 0.697. The molecule has 0 aliphatic carbocycles. The molecule has 0 spiro atoms. The highest BCUT2D eigenvalue weighted by molar-refractivity contribution is 7.16. The average molecular weight is 747 g/mol. The van der Waals surface area contributed by atoms with Gasteiger partial charge in [0.15, 0.2) is 11.5 Å². The average Bonchev–Trinajstić information content (AvgIpc) is 3.57. The summed E-state index contributed by atoms with van der Waals surface area (Å²) in [4.78, 5) is 1.58. The van der Waals surface area contributed by atoms with Crippen molar-refractivity contribution >= 4 is 34.1 Å². The summed E-state index contributed by atoms with van der Waals surface area (Å²) in [6.45, 7) is 5.53. The van der Waals surface area contributed by atoms with Crippen LogP contribution in [0, 0.1) is 19.3 Å². The van der Waals surface area contributed by atoms with Gasteiger partial charge in [-0.1, -0.05) is 26.0 Å². The summed E-state index contributed by atoms with van der Waals surface area (Å²) in [7, 11) is 0. The Kier molecular flexibility index (Phi) is 12.8. The van der Waals surface area contributed by atoms with E-state index in [2.05, 4.69) is 8.75 Å². The summed E-state index contributed by atoms with van der Waals surface area (Å²) < 4.78 is 144.